The van der Waals surface area contributed by atoms with Crippen molar-refractivity contribution in [2.45, 2.75) is 18.7 Å². The number of benzene rings is 2. The first-order valence-electron chi connectivity index (χ1n) is 8.02. The number of hydrogen-bond acceptors (Lipinski definition) is 4. The Morgan fingerprint density at radius 3 is 2.30 bits per heavy atom. The normalized spacial score (nSPS) is 11.1. The summed E-state index contributed by atoms with van der Waals surface area (Å²) >= 11 is 5.78. The van der Waals surface area contributed by atoms with E-state index < -0.39 is 21.8 Å². The summed E-state index contributed by atoms with van der Waals surface area (Å²) in [5.74, 6) is -0.963. The molecule has 3 N–H and O–H groups in total. The van der Waals surface area contributed by atoms with Crippen LogP contribution in [0, 0.1) is 13.8 Å². The van der Waals surface area contributed by atoms with E-state index in [0.717, 1.165) is 0 Å². The lowest BCUT2D eigenvalue weighted by Crippen LogP contribution is -2.33. The molecule has 0 heterocycles. The van der Waals surface area contributed by atoms with Gasteiger partial charge in [0.15, 0.2) is 0 Å². The highest BCUT2D eigenvalue weighted by Gasteiger charge is 2.19. The van der Waals surface area contributed by atoms with Crippen LogP contribution in [-0.4, -0.2) is 33.8 Å². The molecule has 7 nitrogen and oxygen atoms in total. The van der Waals surface area contributed by atoms with Gasteiger partial charge in [-0.3, -0.25) is 9.59 Å². The summed E-state index contributed by atoms with van der Waals surface area (Å²) in [6.45, 7) is 3.12. The number of halogens is 1. The largest absolute Gasteiger partial charge is 0.343 e. The van der Waals surface area contributed by atoms with Crippen molar-refractivity contribution < 1.29 is 18.0 Å². The van der Waals surface area contributed by atoms with Crippen LogP contribution in [0.15, 0.2) is 41.3 Å². The summed E-state index contributed by atoms with van der Waals surface area (Å²) in [6.07, 6.45) is 0. The van der Waals surface area contributed by atoms with E-state index in [0.29, 0.717) is 21.8 Å². The molecule has 0 radical (unpaired) electrons. The Morgan fingerprint density at radius 1 is 1.07 bits per heavy atom. The standard InChI is InChI=1S/C18H20ClN3O4S/c1-11-8-13(9-16(12(11)2)27(25,26)20-3)18(24)21-10-17(23)22-15-6-4-14(19)5-7-15/h4-9,20H,10H2,1-3H3,(H,21,24)(H,22,23). The van der Waals surface area contributed by atoms with Gasteiger partial charge in [-0.15, -0.1) is 0 Å². The van der Waals surface area contributed by atoms with Crippen LogP contribution in [0.1, 0.15) is 21.5 Å². The molecule has 0 spiro atoms. The van der Waals surface area contributed by atoms with Crippen LogP contribution in [0.4, 0.5) is 5.69 Å². The predicted molar refractivity (Wildman–Crippen MR) is 105 cm³/mol. The Labute approximate surface area is 163 Å². The number of nitrogens with one attached hydrogen (secondary N) is 3. The minimum atomic E-state index is -3.70. The van der Waals surface area contributed by atoms with E-state index in [1.54, 1.807) is 44.2 Å². The molecule has 0 saturated heterocycles. The highest BCUT2D eigenvalue weighted by atomic mass is 35.5. The van der Waals surface area contributed by atoms with Gasteiger partial charge < -0.3 is 10.6 Å². The summed E-state index contributed by atoms with van der Waals surface area (Å²) in [6, 6.07) is 9.42. The van der Waals surface area contributed by atoms with Crippen LogP contribution in [0.2, 0.25) is 5.02 Å². The third-order valence-corrected chi connectivity index (χ3v) is 5.77. The number of aryl methyl sites for hydroxylation is 1. The van der Waals surface area contributed by atoms with E-state index in [-0.39, 0.29) is 17.0 Å². The zero-order valence-corrected chi connectivity index (χ0v) is 16.7. The van der Waals surface area contributed by atoms with E-state index in [2.05, 4.69) is 15.4 Å². The van der Waals surface area contributed by atoms with Gasteiger partial charge in [-0.05, 0) is 68.4 Å². The first-order chi connectivity index (χ1) is 12.6. The second-order valence-corrected chi connectivity index (χ2v) is 8.15. The van der Waals surface area contributed by atoms with Crippen molar-refractivity contribution in [3.63, 3.8) is 0 Å². The Morgan fingerprint density at radius 2 is 1.70 bits per heavy atom. The molecule has 2 aromatic carbocycles. The summed E-state index contributed by atoms with van der Waals surface area (Å²) in [4.78, 5) is 24.3. The maximum Gasteiger partial charge on any atom is 0.251 e. The summed E-state index contributed by atoms with van der Waals surface area (Å²) in [7, 11) is -2.40. The van der Waals surface area contributed by atoms with Crippen LogP contribution in [0.25, 0.3) is 0 Å². The van der Waals surface area contributed by atoms with Gasteiger partial charge in [0.2, 0.25) is 15.9 Å². The van der Waals surface area contributed by atoms with E-state index in [1.807, 2.05) is 0 Å². The smallest absolute Gasteiger partial charge is 0.251 e. The minimum Gasteiger partial charge on any atom is -0.343 e. The van der Waals surface area contributed by atoms with Crippen molar-refractivity contribution in [3.8, 4) is 0 Å². The molecule has 0 aliphatic heterocycles. The number of carbonyl (C=O) groups is 2. The Hall–Kier alpha value is -2.42. The van der Waals surface area contributed by atoms with Crippen LogP contribution < -0.4 is 15.4 Å². The Kier molecular flexibility index (Phi) is 6.59. The molecule has 0 aliphatic rings. The van der Waals surface area contributed by atoms with Crippen molar-refractivity contribution >= 4 is 39.1 Å². The molecule has 0 fully saturated rings. The molecular weight excluding hydrogens is 390 g/mol. The predicted octanol–water partition coefficient (Wildman–Crippen LogP) is 2.23. The van der Waals surface area contributed by atoms with Crippen LogP contribution in [-0.2, 0) is 14.8 Å². The molecule has 2 aromatic rings. The Bertz CT molecular complexity index is 973. The molecule has 27 heavy (non-hydrogen) atoms. The van der Waals surface area contributed by atoms with Gasteiger partial charge in [0, 0.05) is 16.3 Å². The number of amides is 2. The molecule has 0 bridgehead atoms. The molecular formula is C18H20ClN3O4S. The molecule has 2 amide bonds. The van der Waals surface area contributed by atoms with Crippen LogP contribution >= 0.6 is 11.6 Å². The highest BCUT2D eigenvalue weighted by molar-refractivity contribution is 7.89. The van der Waals surface area contributed by atoms with Crippen molar-refractivity contribution in [2.75, 3.05) is 18.9 Å². The molecule has 0 saturated carbocycles. The summed E-state index contributed by atoms with van der Waals surface area (Å²) in [5, 5.41) is 5.65. The lowest BCUT2D eigenvalue weighted by molar-refractivity contribution is -0.115. The molecule has 0 aliphatic carbocycles. The van der Waals surface area contributed by atoms with Gasteiger partial charge in [-0.1, -0.05) is 11.6 Å². The van der Waals surface area contributed by atoms with Crippen molar-refractivity contribution in [1.29, 1.82) is 0 Å². The van der Waals surface area contributed by atoms with Gasteiger partial charge in [0.05, 0.1) is 11.4 Å². The van der Waals surface area contributed by atoms with Gasteiger partial charge in [0.25, 0.3) is 5.91 Å². The maximum atomic E-state index is 12.4. The topological polar surface area (TPSA) is 104 Å². The average Bonchev–Trinajstić information content (AvgIpc) is 2.63. The third kappa shape index (κ3) is 5.29. The van der Waals surface area contributed by atoms with Gasteiger partial charge in [-0.25, -0.2) is 13.1 Å². The van der Waals surface area contributed by atoms with E-state index >= 15 is 0 Å². The van der Waals surface area contributed by atoms with Gasteiger partial charge in [-0.2, -0.15) is 0 Å². The second-order valence-electron chi connectivity index (χ2n) is 5.86. The highest BCUT2D eigenvalue weighted by Crippen LogP contribution is 2.21. The van der Waals surface area contributed by atoms with Gasteiger partial charge >= 0.3 is 0 Å². The lowest BCUT2D eigenvalue weighted by atomic mass is 10.1. The number of hydrogen-bond donors (Lipinski definition) is 3. The fraction of sp³-hybridized carbons (Fsp3) is 0.222. The van der Waals surface area contributed by atoms with Crippen molar-refractivity contribution in [3.05, 3.63) is 58.1 Å². The molecule has 2 rings (SSSR count). The second kappa shape index (κ2) is 8.51. The van der Waals surface area contributed by atoms with Gasteiger partial charge in [0.1, 0.15) is 0 Å². The fourth-order valence-corrected chi connectivity index (χ4v) is 3.54. The number of carbonyl (C=O) groups excluding carboxylic acids is 2. The van der Waals surface area contributed by atoms with Crippen LogP contribution in [0.3, 0.4) is 0 Å². The molecule has 0 unspecified atom stereocenters. The van der Waals surface area contributed by atoms with E-state index in [9.17, 15) is 18.0 Å². The lowest BCUT2D eigenvalue weighted by Gasteiger charge is -2.12. The van der Waals surface area contributed by atoms with E-state index in [4.69, 9.17) is 11.6 Å². The summed E-state index contributed by atoms with van der Waals surface area (Å²) in [5.41, 5.74) is 1.92. The van der Waals surface area contributed by atoms with E-state index in [1.165, 1.54) is 13.1 Å². The maximum absolute atomic E-state index is 12.4. The third-order valence-electron chi connectivity index (χ3n) is 3.98. The molecule has 144 valence electrons. The SMILES string of the molecule is CNS(=O)(=O)c1cc(C(=O)NCC(=O)Nc2ccc(Cl)cc2)cc(C)c1C. The monoisotopic (exact) mass is 409 g/mol. The first kappa shape index (κ1) is 20.9. The van der Waals surface area contributed by atoms with Crippen molar-refractivity contribution in [2.24, 2.45) is 0 Å². The van der Waals surface area contributed by atoms with Crippen molar-refractivity contribution in [1.82, 2.24) is 10.0 Å². The summed E-state index contributed by atoms with van der Waals surface area (Å²) < 4.78 is 26.5. The fourth-order valence-electron chi connectivity index (χ4n) is 2.35. The number of sulfonamides is 1. The zero-order valence-electron chi connectivity index (χ0n) is 15.1. The number of anilines is 1. The Balaban J connectivity index is 2.09. The molecule has 0 aromatic heterocycles. The van der Waals surface area contributed by atoms with Crippen LogP contribution in [0.5, 0.6) is 0 Å². The average molecular weight is 410 g/mol. The zero-order chi connectivity index (χ0) is 20.2. The minimum absolute atomic E-state index is 0.0285. The quantitative estimate of drug-likeness (QED) is 0.680. The first-order valence-corrected chi connectivity index (χ1v) is 9.88. The molecule has 9 heteroatoms. The number of rotatable bonds is 6. The molecule has 0 atom stereocenters.